The maximum Gasteiger partial charge on any atom is 0.338 e. The van der Waals surface area contributed by atoms with Gasteiger partial charge >= 0.3 is 12.0 Å². The summed E-state index contributed by atoms with van der Waals surface area (Å²) in [7, 11) is 3.01. The van der Waals surface area contributed by atoms with E-state index < -0.39 is 23.9 Å². The average Bonchev–Trinajstić information content (AvgIpc) is 3.09. The second-order valence-electron chi connectivity index (χ2n) is 10.8. The van der Waals surface area contributed by atoms with E-state index in [1.165, 1.54) is 18.7 Å². The Balaban J connectivity index is 1.19. The first-order valence-corrected chi connectivity index (χ1v) is 16.3. The Morgan fingerprint density at radius 2 is 1.71 bits per heavy atom. The minimum absolute atomic E-state index is 0.181. The third kappa shape index (κ3) is 8.59. The predicted octanol–water partition coefficient (Wildman–Crippen LogP) is 5.76. The molecule has 1 aliphatic rings. The van der Waals surface area contributed by atoms with E-state index in [2.05, 4.69) is 68.0 Å². The third-order valence-corrected chi connectivity index (χ3v) is 8.30. The van der Waals surface area contributed by atoms with Crippen molar-refractivity contribution in [3.63, 3.8) is 0 Å². The Hall–Kier alpha value is -5.31. The topological polar surface area (TPSA) is 146 Å². The smallest absolute Gasteiger partial charge is 0.338 e. The van der Waals surface area contributed by atoms with Crippen LogP contribution in [0.4, 0.5) is 4.79 Å². The van der Waals surface area contributed by atoms with Crippen molar-refractivity contribution in [1.29, 1.82) is 0 Å². The minimum atomic E-state index is -0.777. The molecule has 1 heterocycles. The summed E-state index contributed by atoms with van der Waals surface area (Å²) in [6.45, 7) is 3.53. The molecule has 0 saturated heterocycles. The number of hydrogen-bond donors (Lipinski definition) is 3. The van der Waals surface area contributed by atoms with Gasteiger partial charge in [-0.25, -0.2) is 15.0 Å². The number of nitrogens with one attached hydrogen (secondary N) is 3. The summed E-state index contributed by atoms with van der Waals surface area (Å²) >= 11 is 2.17. The first-order chi connectivity index (χ1) is 23.7. The van der Waals surface area contributed by atoms with Gasteiger partial charge in [-0.1, -0.05) is 42.5 Å². The van der Waals surface area contributed by atoms with Crippen molar-refractivity contribution in [2.75, 3.05) is 27.4 Å². The van der Waals surface area contributed by atoms with Crippen molar-refractivity contribution in [3.05, 3.63) is 104 Å². The van der Waals surface area contributed by atoms with Crippen molar-refractivity contribution in [2.24, 2.45) is 5.10 Å². The average molecular weight is 779 g/mol. The van der Waals surface area contributed by atoms with Gasteiger partial charge in [-0.05, 0) is 94.2 Å². The fourth-order valence-corrected chi connectivity index (χ4v) is 5.98. The highest BCUT2D eigenvalue weighted by atomic mass is 127. The quantitative estimate of drug-likeness (QED) is 0.0673. The second kappa shape index (κ2) is 16.2. The first kappa shape index (κ1) is 35.0. The molecular formula is C36H35IN4O8. The molecule has 5 rings (SSSR count). The largest absolute Gasteiger partial charge is 0.493 e. The molecule has 254 valence electrons. The number of esters is 1. The number of hydrazone groups is 1. The first-order valence-electron chi connectivity index (χ1n) is 15.3. The van der Waals surface area contributed by atoms with Gasteiger partial charge in [0, 0.05) is 5.70 Å². The van der Waals surface area contributed by atoms with E-state index >= 15 is 0 Å². The molecule has 0 spiro atoms. The lowest BCUT2D eigenvalue weighted by atomic mass is 9.95. The molecule has 13 heteroatoms. The molecule has 4 aromatic carbocycles. The highest BCUT2D eigenvalue weighted by Crippen LogP contribution is 2.36. The van der Waals surface area contributed by atoms with Crippen LogP contribution < -0.4 is 35.0 Å². The fraction of sp³-hybridized carbons (Fsp3) is 0.222. The molecule has 3 amide bonds. The lowest BCUT2D eigenvalue weighted by molar-refractivity contribution is -0.139. The van der Waals surface area contributed by atoms with Crippen molar-refractivity contribution >= 4 is 57.5 Å². The SMILES string of the molecule is CCOC(=O)C1=C(C)NC(=O)N[C@@H]1c1ccc(OCC(=O)N/N=C\c2cc(I)c(OCc3ccc4ccccc4c3)c(OC)c2)c(OC)c1. The number of carbonyl (C=O) groups is 3. The van der Waals surface area contributed by atoms with Crippen LogP contribution in [0.15, 0.2) is 89.2 Å². The number of halogens is 1. The standard InChI is InChI=1S/C36H35IN4O8/c1-5-47-35(43)32-21(2)39-36(44)40-33(32)26-12-13-28(29(17-26)45-3)48-20-31(42)41-38-18-23-15-27(37)34(30(16-23)46-4)49-19-22-10-11-24-8-6-7-9-25(24)14-22/h6-18,33H,5,19-20H2,1-4H3,(H,41,42)(H2,39,40,44)/b38-18-/t33-/m1/s1. The molecule has 1 atom stereocenters. The van der Waals surface area contributed by atoms with Gasteiger partial charge in [0.15, 0.2) is 29.6 Å². The maximum absolute atomic E-state index is 12.7. The van der Waals surface area contributed by atoms with Crippen molar-refractivity contribution in [3.8, 4) is 23.0 Å². The van der Waals surface area contributed by atoms with E-state index in [0.29, 0.717) is 40.7 Å². The van der Waals surface area contributed by atoms with Gasteiger partial charge in [-0.3, -0.25) is 4.79 Å². The normalized spacial score (nSPS) is 14.2. The maximum atomic E-state index is 12.7. The second-order valence-corrected chi connectivity index (χ2v) is 11.9. The molecule has 0 aliphatic carbocycles. The highest BCUT2D eigenvalue weighted by Gasteiger charge is 2.32. The van der Waals surface area contributed by atoms with Crippen LogP contribution >= 0.6 is 22.6 Å². The van der Waals surface area contributed by atoms with Crippen LogP contribution in [0, 0.1) is 3.57 Å². The monoisotopic (exact) mass is 778 g/mol. The van der Waals surface area contributed by atoms with Gasteiger partial charge in [-0.15, -0.1) is 0 Å². The van der Waals surface area contributed by atoms with Crippen molar-refractivity contribution in [2.45, 2.75) is 26.5 Å². The van der Waals surface area contributed by atoms with E-state index in [1.807, 2.05) is 24.3 Å². The predicted molar refractivity (Wildman–Crippen MR) is 192 cm³/mol. The molecule has 4 aromatic rings. The number of nitrogens with zero attached hydrogens (tertiary/aromatic N) is 1. The number of allylic oxidation sites excluding steroid dienone is 1. The minimum Gasteiger partial charge on any atom is -0.493 e. The number of benzene rings is 4. The summed E-state index contributed by atoms with van der Waals surface area (Å²) in [4.78, 5) is 37.4. The number of methoxy groups -OCH3 is 2. The van der Waals surface area contributed by atoms with Crippen LogP contribution in [-0.2, 0) is 20.9 Å². The molecule has 0 saturated carbocycles. The number of fused-ring (bicyclic) bond motifs is 1. The Morgan fingerprint density at radius 1 is 0.939 bits per heavy atom. The zero-order valence-electron chi connectivity index (χ0n) is 27.3. The number of rotatable bonds is 13. The van der Waals surface area contributed by atoms with Gasteiger partial charge in [0.25, 0.3) is 5.91 Å². The van der Waals surface area contributed by atoms with Crippen LogP contribution in [0.1, 0.15) is 36.6 Å². The van der Waals surface area contributed by atoms with E-state index in [1.54, 1.807) is 45.2 Å². The molecule has 49 heavy (non-hydrogen) atoms. The van der Waals surface area contributed by atoms with E-state index in [4.69, 9.17) is 23.7 Å². The fourth-order valence-electron chi connectivity index (χ4n) is 5.20. The summed E-state index contributed by atoms with van der Waals surface area (Å²) < 4.78 is 28.9. The van der Waals surface area contributed by atoms with Gasteiger partial charge < -0.3 is 34.3 Å². The molecule has 0 bridgehead atoms. The van der Waals surface area contributed by atoms with E-state index in [0.717, 1.165) is 14.5 Å². The number of amides is 3. The van der Waals surface area contributed by atoms with E-state index in [9.17, 15) is 14.4 Å². The Kier molecular flexibility index (Phi) is 11.6. The number of urea groups is 1. The van der Waals surface area contributed by atoms with Crippen LogP contribution in [0.2, 0.25) is 0 Å². The number of carbonyl (C=O) groups excluding carboxylic acids is 3. The van der Waals surface area contributed by atoms with Gasteiger partial charge in [-0.2, -0.15) is 5.10 Å². The summed E-state index contributed by atoms with van der Waals surface area (Å²) in [5.74, 6) is 0.659. The lowest BCUT2D eigenvalue weighted by Gasteiger charge is -2.28. The number of ether oxygens (including phenoxy) is 5. The van der Waals surface area contributed by atoms with E-state index in [-0.39, 0.29) is 24.5 Å². The Morgan fingerprint density at radius 3 is 2.47 bits per heavy atom. The van der Waals surface area contributed by atoms with Gasteiger partial charge in [0.2, 0.25) is 0 Å². The molecule has 0 unspecified atom stereocenters. The molecular weight excluding hydrogens is 743 g/mol. The van der Waals surface area contributed by atoms with Crippen molar-refractivity contribution in [1.82, 2.24) is 16.1 Å². The summed E-state index contributed by atoms with van der Waals surface area (Å²) in [6.07, 6.45) is 1.50. The molecule has 1 aliphatic heterocycles. The number of hydrogen-bond acceptors (Lipinski definition) is 9. The zero-order valence-corrected chi connectivity index (χ0v) is 29.5. The van der Waals surface area contributed by atoms with Crippen LogP contribution in [-0.4, -0.2) is 51.6 Å². The van der Waals surface area contributed by atoms with Crippen LogP contribution in [0.5, 0.6) is 23.0 Å². The third-order valence-electron chi connectivity index (χ3n) is 7.50. The van der Waals surface area contributed by atoms with Crippen LogP contribution in [0.3, 0.4) is 0 Å². The molecule has 0 radical (unpaired) electrons. The van der Waals surface area contributed by atoms with Crippen molar-refractivity contribution < 1.29 is 38.1 Å². The molecule has 3 N–H and O–H groups in total. The Bertz CT molecular complexity index is 1940. The summed E-state index contributed by atoms with van der Waals surface area (Å²) in [5.41, 5.74) is 5.39. The van der Waals surface area contributed by atoms with Gasteiger partial charge in [0.05, 0.1) is 42.2 Å². The van der Waals surface area contributed by atoms with Crippen LogP contribution in [0.25, 0.3) is 10.8 Å². The zero-order chi connectivity index (χ0) is 34.9. The Labute approximate surface area is 296 Å². The highest BCUT2D eigenvalue weighted by molar-refractivity contribution is 14.1. The lowest BCUT2D eigenvalue weighted by Crippen LogP contribution is -2.45. The molecule has 0 fully saturated rings. The summed E-state index contributed by atoms with van der Waals surface area (Å²) in [6, 6.07) is 21.7. The van der Waals surface area contributed by atoms with Gasteiger partial charge in [0.1, 0.15) is 6.61 Å². The molecule has 0 aromatic heterocycles. The molecule has 12 nitrogen and oxygen atoms in total. The summed E-state index contributed by atoms with van der Waals surface area (Å²) in [5, 5.41) is 11.7.